The van der Waals surface area contributed by atoms with Crippen molar-refractivity contribution in [1.82, 2.24) is 10.3 Å². The minimum absolute atomic E-state index is 0.0582. The zero-order chi connectivity index (χ0) is 16.1. The lowest BCUT2D eigenvalue weighted by Crippen LogP contribution is -2.41. The second-order valence-electron chi connectivity index (χ2n) is 5.84. The Bertz CT molecular complexity index is 620. The van der Waals surface area contributed by atoms with Gasteiger partial charge in [0.1, 0.15) is 0 Å². The summed E-state index contributed by atoms with van der Waals surface area (Å²) in [4.78, 5) is 16.7. The molecule has 1 atom stereocenters. The van der Waals surface area contributed by atoms with Gasteiger partial charge in [-0.2, -0.15) is 0 Å². The molecule has 22 heavy (non-hydrogen) atoms. The van der Waals surface area contributed by atoms with Gasteiger partial charge in [0.25, 0.3) is 5.91 Å². The molecule has 1 amide bonds. The summed E-state index contributed by atoms with van der Waals surface area (Å²) in [6.07, 6.45) is 0.834. The Hall–Kier alpha value is -2.14. The number of aryl methyl sites for hydroxylation is 1. The fraction of sp³-hybridized carbons (Fsp3) is 0.412. The molecule has 0 spiro atoms. The van der Waals surface area contributed by atoms with Crippen molar-refractivity contribution in [2.75, 3.05) is 6.54 Å². The monoisotopic (exact) mass is 301 g/mol. The minimum Gasteiger partial charge on any atom is -0.431 e. The van der Waals surface area contributed by atoms with Gasteiger partial charge in [0.05, 0.1) is 5.69 Å². The van der Waals surface area contributed by atoms with Gasteiger partial charge in [-0.1, -0.05) is 32.0 Å². The molecule has 0 saturated carbocycles. The van der Waals surface area contributed by atoms with Crippen molar-refractivity contribution in [3.63, 3.8) is 0 Å². The maximum absolute atomic E-state index is 12.4. The predicted octanol–water partition coefficient (Wildman–Crippen LogP) is 2.75. The van der Waals surface area contributed by atoms with E-state index in [4.69, 9.17) is 10.2 Å². The molecule has 0 radical (unpaired) electrons. The molecular formula is C17H23N3O2. The maximum atomic E-state index is 12.4. The van der Waals surface area contributed by atoms with Crippen molar-refractivity contribution in [1.29, 1.82) is 0 Å². The Morgan fingerprint density at radius 1 is 1.32 bits per heavy atom. The van der Waals surface area contributed by atoms with Gasteiger partial charge in [-0.15, -0.1) is 0 Å². The van der Waals surface area contributed by atoms with Crippen molar-refractivity contribution in [2.24, 2.45) is 11.7 Å². The molecule has 2 aromatic rings. The average molecular weight is 301 g/mol. The van der Waals surface area contributed by atoms with Crippen LogP contribution in [0.25, 0.3) is 11.5 Å². The number of hydrogen-bond acceptors (Lipinski definition) is 4. The highest BCUT2D eigenvalue weighted by molar-refractivity contribution is 5.93. The minimum atomic E-state index is -0.261. The Morgan fingerprint density at radius 2 is 2.00 bits per heavy atom. The summed E-state index contributed by atoms with van der Waals surface area (Å²) >= 11 is 0. The zero-order valence-corrected chi connectivity index (χ0v) is 13.3. The Labute approximate surface area is 130 Å². The fourth-order valence-electron chi connectivity index (χ4n) is 2.35. The molecule has 1 aromatic carbocycles. The Kier molecular flexibility index (Phi) is 5.33. The van der Waals surface area contributed by atoms with Crippen molar-refractivity contribution >= 4 is 5.91 Å². The lowest BCUT2D eigenvalue weighted by molar-refractivity contribution is 0.0905. The van der Waals surface area contributed by atoms with Crippen LogP contribution in [0.3, 0.4) is 0 Å². The fourth-order valence-corrected chi connectivity index (χ4v) is 2.35. The molecule has 0 fully saturated rings. The summed E-state index contributed by atoms with van der Waals surface area (Å²) in [5.41, 5.74) is 7.15. The first-order valence-corrected chi connectivity index (χ1v) is 7.55. The first-order valence-electron chi connectivity index (χ1n) is 7.55. The van der Waals surface area contributed by atoms with Crippen molar-refractivity contribution in [3.05, 3.63) is 41.8 Å². The molecule has 0 bridgehead atoms. The number of benzene rings is 1. The van der Waals surface area contributed by atoms with E-state index in [-0.39, 0.29) is 17.7 Å². The van der Waals surface area contributed by atoms with E-state index in [1.807, 2.05) is 30.3 Å². The summed E-state index contributed by atoms with van der Waals surface area (Å²) in [7, 11) is 0. The van der Waals surface area contributed by atoms with Gasteiger partial charge in [-0.3, -0.25) is 4.79 Å². The van der Waals surface area contributed by atoms with Crippen LogP contribution in [0.4, 0.5) is 0 Å². The lowest BCUT2D eigenvalue weighted by atomic mass is 10.0. The van der Waals surface area contributed by atoms with Crippen LogP contribution in [0.5, 0.6) is 0 Å². The Balaban J connectivity index is 2.15. The van der Waals surface area contributed by atoms with Gasteiger partial charge in [-0.05, 0) is 31.4 Å². The van der Waals surface area contributed by atoms with Gasteiger partial charge in [0.15, 0.2) is 0 Å². The molecule has 0 saturated heterocycles. The molecule has 1 aromatic heterocycles. The van der Waals surface area contributed by atoms with E-state index >= 15 is 0 Å². The third-order valence-corrected chi connectivity index (χ3v) is 3.40. The van der Waals surface area contributed by atoms with Crippen LogP contribution in [-0.4, -0.2) is 23.5 Å². The Morgan fingerprint density at radius 3 is 2.59 bits per heavy atom. The third-order valence-electron chi connectivity index (χ3n) is 3.40. The number of hydrogen-bond donors (Lipinski definition) is 2. The maximum Gasteiger partial charge on any atom is 0.289 e. The smallest absolute Gasteiger partial charge is 0.289 e. The first kappa shape index (κ1) is 16.2. The number of nitrogens with zero attached hydrogens (tertiary/aromatic N) is 1. The molecule has 1 unspecified atom stereocenters. The number of amides is 1. The van der Waals surface area contributed by atoms with Gasteiger partial charge in [-0.25, -0.2) is 4.98 Å². The molecule has 3 N–H and O–H groups in total. The highest BCUT2D eigenvalue weighted by Crippen LogP contribution is 2.21. The van der Waals surface area contributed by atoms with Crippen LogP contribution < -0.4 is 11.1 Å². The largest absolute Gasteiger partial charge is 0.431 e. The van der Waals surface area contributed by atoms with Gasteiger partial charge in [0, 0.05) is 18.2 Å². The molecule has 0 aliphatic rings. The topological polar surface area (TPSA) is 81.2 Å². The molecule has 0 aliphatic heterocycles. The lowest BCUT2D eigenvalue weighted by Gasteiger charge is -2.18. The molecule has 118 valence electrons. The van der Waals surface area contributed by atoms with Crippen LogP contribution in [-0.2, 0) is 0 Å². The summed E-state index contributed by atoms with van der Waals surface area (Å²) in [6.45, 7) is 6.37. The summed E-state index contributed by atoms with van der Waals surface area (Å²) in [5, 5.41) is 2.92. The van der Waals surface area contributed by atoms with E-state index in [1.165, 1.54) is 0 Å². The second-order valence-corrected chi connectivity index (χ2v) is 5.84. The summed E-state index contributed by atoms with van der Waals surface area (Å²) in [6, 6.07) is 9.47. The van der Waals surface area contributed by atoms with Gasteiger partial charge in [0.2, 0.25) is 11.7 Å². The van der Waals surface area contributed by atoms with Crippen molar-refractivity contribution in [3.8, 4) is 11.5 Å². The zero-order valence-electron chi connectivity index (χ0n) is 13.3. The quantitative estimate of drug-likeness (QED) is 0.859. The summed E-state index contributed by atoms with van der Waals surface area (Å²) < 4.78 is 5.65. The van der Waals surface area contributed by atoms with Gasteiger partial charge < -0.3 is 15.5 Å². The predicted molar refractivity (Wildman–Crippen MR) is 86.4 cm³/mol. The number of oxazole rings is 1. The van der Waals surface area contributed by atoms with E-state index in [0.29, 0.717) is 24.0 Å². The SMILES string of the molecule is Cc1nc(-c2ccccc2)oc1C(=O)NC(CN)CC(C)C. The molecule has 0 aliphatic carbocycles. The van der Waals surface area contributed by atoms with Gasteiger partial charge >= 0.3 is 0 Å². The van der Waals surface area contributed by atoms with E-state index in [2.05, 4.69) is 24.1 Å². The van der Waals surface area contributed by atoms with E-state index in [1.54, 1.807) is 6.92 Å². The van der Waals surface area contributed by atoms with Crippen LogP contribution in [0.15, 0.2) is 34.7 Å². The molecular weight excluding hydrogens is 278 g/mol. The molecule has 2 rings (SSSR count). The first-order chi connectivity index (χ1) is 10.5. The number of nitrogens with one attached hydrogen (secondary N) is 1. The van der Waals surface area contributed by atoms with E-state index in [9.17, 15) is 4.79 Å². The number of carbonyl (C=O) groups is 1. The number of rotatable bonds is 6. The molecule has 5 nitrogen and oxygen atoms in total. The molecule has 5 heteroatoms. The van der Waals surface area contributed by atoms with Crippen LogP contribution >= 0.6 is 0 Å². The van der Waals surface area contributed by atoms with Crippen LogP contribution in [0.2, 0.25) is 0 Å². The van der Waals surface area contributed by atoms with E-state index < -0.39 is 0 Å². The standard InChI is InChI=1S/C17H23N3O2/c1-11(2)9-14(10-18)20-16(21)15-12(3)19-17(22-15)13-7-5-4-6-8-13/h4-8,11,14H,9-10,18H2,1-3H3,(H,20,21). The number of nitrogens with two attached hydrogens (primary N) is 1. The van der Waals surface area contributed by atoms with Crippen molar-refractivity contribution < 1.29 is 9.21 Å². The highest BCUT2D eigenvalue weighted by atomic mass is 16.4. The van der Waals surface area contributed by atoms with Crippen LogP contribution in [0.1, 0.15) is 36.5 Å². The van der Waals surface area contributed by atoms with Crippen LogP contribution in [0, 0.1) is 12.8 Å². The third kappa shape index (κ3) is 3.95. The second kappa shape index (κ2) is 7.22. The average Bonchev–Trinajstić information content (AvgIpc) is 2.89. The number of aromatic nitrogens is 1. The van der Waals surface area contributed by atoms with E-state index in [0.717, 1.165) is 12.0 Å². The van der Waals surface area contributed by atoms with Crippen molar-refractivity contribution in [2.45, 2.75) is 33.2 Å². The summed E-state index contributed by atoms with van der Waals surface area (Å²) in [5.74, 6) is 0.908. The number of carbonyl (C=O) groups excluding carboxylic acids is 1. The normalized spacial score (nSPS) is 12.4. The highest BCUT2D eigenvalue weighted by Gasteiger charge is 2.21. The molecule has 1 heterocycles.